The molecular weight excluding hydrogens is 224 g/mol. The Morgan fingerprint density at radius 3 is 2.61 bits per heavy atom. The molecule has 3 heteroatoms. The van der Waals surface area contributed by atoms with E-state index in [1.165, 1.54) is 64.6 Å². The van der Waals surface area contributed by atoms with Gasteiger partial charge in [0.1, 0.15) is 0 Å². The van der Waals surface area contributed by atoms with Gasteiger partial charge in [0.25, 0.3) is 0 Å². The van der Waals surface area contributed by atoms with Gasteiger partial charge in [-0.25, -0.2) is 0 Å². The second kappa shape index (κ2) is 5.10. The van der Waals surface area contributed by atoms with Crippen LogP contribution in [0.3, 0.4) is 0 Å². The number of rotatable bonds is 1. The predicted molar refractivity (Wildman–Crippen MR) is 73.8 cm³/mol. The minimum absolute atomic E-state index is 0.302. The van der Waals surface area contributed by atoms with Gasteiger partial charge in [0.15, 0.2) is 0 Å². The highest BCUT2D eigenvalue weighted by Gasteiger charge is 2.42. The molecule has 104 valence electrons. The standard InChI is InChI=1S/C15H28N2O/c1-14(8-11-18-13-14)17-10-5-9-16-15(12-17)6-3-2-4-7-15/h16H,2-13H2,1H3. The van der Waals surface area contributed by atoms with Crippen LogP contribution < -0.4 is 5.32 Å². The van der Waals surface area contributed by atoms with E-state index in [4.69, 9.17) is 4.74 Å². The van der Waals surface area contributed by atoms with Crippen LogP contribution in [-0.4, -0.2) is 48.8 Å². The van der Waals surface area contributed by atoms with E-state index >= 15 is 0 Å². The zero-order valence-electron chi connectivity index (χ0n) is 11.8. The first-order valence-electron chi connectivity index (χ1n) is 7.80. The van der Waals surface area contributed by atoms with Crippen molar-refractivity contribution >= 4 is 0 Å². The number of hydrogen-bond acceptors (Lipinski definition) is 3. The Kier molecular flexibility index (Phi) is 3.65. The molecule has 0 radical (unpaired) electrons. The van der Waals surface area contributed by atoms with Crippen molar-refractivity contribution in [3.63, 3.8) is 0 Å². The predicted octanol–water partition coefficient (Wildman–Crippen LogP) is 2.16. The Balaban J connectivity index is 1.74. The van der Waals surface area contributed by atoms with Crippen molar-refractivity contribution < 1.29 is 4.74 Å². The summed E-state index contributed by atoms with van der Waals surface area (Å²) in [4.78, 5) is 2.74. The quantitative estimate of drug-likeness (QED) is 0.774. The van der Waals surface area contributed by atoms with Crippen LogP contribution in [0, 0.1) is 0 Å². The number of hydrogen-bond donors (Lipinski definition) is 1. The first-order valence-corrected chi connectivity index (χ1v) is 7.80. The monoisotopic (exact) mass is 252 g/mol. The second-order valence-electron chi connectivity index (χ2n) is 6.84. The lowest BCUT2D eigenvalue weighted by atomic mass is 9.80. The summed E-state index contributed by atoms with van der Waals surface area (Å²) in [5.74, 6) is 0. The third-order valence-electron chi connectivity index (χ3n) is 5.37. The summed E-state index contributed by atoms with van der Waals surface area (Å²) in [6.45, 7) is 7.98. The van der Waals surface area contributed by atoms with Crippen LogP contribution in [0.4, 0.5) is 0 Å². The van der Waals surface area contributed by atoms with Crippen molar-refractivity contribution in [2.45, 2.75) is 62.9 Å². The normalized spacial score (nSPS) is 37.8. The molecule has 1 saturated carbocycles. The summed E-state index contributed by atoms with van der Waals surface area (Å²) in [5.41, 5.74) is 0.719. The Morgan fingerprint density at radius 1 is 1.06 bits per heavy atom. The Bertz CT molecular complexity index is 280. The van der Waals surface area contributed by atoms with E-state index in [0.717, 1.165) is 13.2 Å². The van der Waals surface area contributed by atoms with Gasteiger partial charge >= 0.3 is 0 Å². The van der Waals surface area contributed by atoms with Crippen LogP contribution in [-0.2, 0) is 4.74 Å². The summed E-state index contributed by atoms with van der Waals surface area (Å²) in [6.07, 6.45) is 9.51. The third kappa shape index (κ3) is 2.45. The molecule has 0 aromatic carbocycles. The maximum Gasteiger partial charge on any atom is 0.0648 e. The second-order valence-corrected chi connectivity index (χ2v) is 6.84. The molecule has 1 atom stereocenters. The SMILES string of the molecule is CC1(N2CCCNC3(CCCCC3)C2)CCOC1. The Morgan fingerprint density at radius 2 is 1.89 bits per heavy atom. The lowest BCUT2D eigenvalue weighted by Crippen LogP contribution is -2.57. The molecule has 1 aliphatic carbocycles. The topological polar surface area (TPSA) is 24.5 Å². The number of nitrogens with one attached hydrogen (secondary N) is 1. The molecule has 2 aliphatic heterocycles. The largest absolute Gasteiger partial charge is 0.379 e. The first kappa shape index (κ1) is 12.9. The Hall–Kier alpha value is -0.120. The molecule has 1 spiro atoms. The van der Waals surface area contributed by atoms with Crippen LogP contribution in [0.5, 0.6) is 0 Å². The van der Waals surface area contributed by atoms with Crippen LogP contribution in [0.2, 0.25) is 0 Å². The minimum atomic E-state index is 0.302. The fraction of sp³-hybridized carbons (Fsp3) is 1.00. The van der Waals surface area contributed by atoms with Gasteiger partial charge in [0, 0.05) is 30.8 Å². The van der Waals surface area contributed by atoms with Gasteiger partial charge in [-0.15, -0.1) is 0 Å². The van der Waals surface area contributed by atoms with Crippen LogP contribution >= 0.6 is 0 Å². The van der Waals surface area contributed by atoms with Crippen LogP contribution in [0.25, 0.3) is 0 Å². The van der Waals surface area contributed by atoms with E-state index in [-0.39, 0.29) is 0 Å². The zero-order valence-corrected chi connectivity index (χ0v) is 11.8. The lowest BCUT2D eigenvalue weighted by Gasteiger charge is -2.45. The maximum atomic E-state index is 5.67. The number of ether oxygens (including phenoxy) is 1. The van der Waals surface area contributed by atoms with E-state index in [9.17, 15) is 0 Å². The van der Waals surface area contributed by atoms with E-state index < -0.39 is 0 Å². The Labute approximate surface area is 111 Å². The molecule has 3 fully saturated rings. The van der Waals surface area contributed by atoms with Gasteiger partial charge < -0.3 is 10.1 Å². The molecule has 3 nitrogen and oxygen atoms in total. The molecule has 1 N–H and O–H groups in total. The minimum Gasteiger partial charge on any atom is -0.379 e. The fourth-order valence-electron chi connectivity index (χ4n) is 4.05. The van der Waals surface area contributed by atoms with Crippen molar-refractivity contribution in [2.24, 2.45) is 0 Å². The molecule has 1 unspecified atom stereocenters. The smallest absolute Gasteiger partial charge is 0.0648 e. The molecule has 0 aromatic rings. The summed E-state index contributed by atoms with van der Waals surface area (Å²) in [6, 6.07) is 0. The fourth-order valence-corrected chi connectivity index (χ4v) is 4.05. The zero-order chi connectivity index (χ0) is 12.5. The van der Waals surface area contributed by atoms with Gasteiger partial charge in [0.05, 0.1) is 6.61 Å². The first-order chi connectivity index (χ1) is 8.73. The van der Waals surface area contributed by atoms with Crippen LogP contribution in [0.1, 0.15) is 51.9 Å². The molecule has 0 aromatic heterocycles. The average molecular weight is 252 g/mol. The third-order valence-corrected chi connectivity index (χ3v) is 5.37. The van der Waals surface area contributed by atoms with Crippen molar-refractivity contribution in [1.29, 1.82) is 0 Å². The average Bonchev–Trinajstić information content (AvgIpc) is 2.72. The van der Waals surface area contributed by atoms with Crippen molar-refractivity contribution in [3.8, 4) is 0 Å². The molecule has 2 heterocycles. The summed E-state index contributed by atoms with van der Waals surface area (Å²) >= 11 is 0. The van der Waals surface area contributed by atoms with Gasteiger partial charge in [-0.3, -0.25) is 4.90 Å². The van der Waals surface area contributed by atoms with Gasteiger partial charge in [-0.2, -0.15) is 0 Å². The van der Waals surface area contributed by atoms with Crippen LogP contribution in [0.15, 0.2) is 0 Å². The van der Waals surface area contributed by atoms with E-state index in [0.29, 0.717) is 11.1 Å². The van der Waals surface area contributed by atoms with E-state index in [1.54, 1.807) is 0 Å². The van der Waals surface area contributed by atoms with E-state index in [1.807, 2.05) is 0 Å². The highest BCUT2D eigenvalue weighted by Crippen LogP contribution is 2.34. The van der Waals surface area contributed by atoms with Gasteiger partial charge in [-0.1, -0.05) is 19.3 Å². The molecule has 0 bridgehead atoms. The highest BCUT2D eigenvalue weighted by atomic mass is 16.5. The molecule has 0 amide bonds. The van der Waals surface area contributed by atoms with E-state index in [2.05, 4.69) is 17.1 Å². The summed E-state index contributed by atoms with van der Waals surface area (Å²) in [7, 11) is 0. The lowest BCUT2D eigenvalue weighted by molar-refractivity contribution is 0.0533. The molecule has 18 heavy (non-hydrogen) atoms. The summed E-state index contributed by atoms with van der Waals surface area (Å²) < 4.78 is 5.67. The molecule has 3 aliphatic rings. The van der Waals surface area contributed by atoms with Crippen molar-refractivity contribution in [1.82, 2.24) is 10.2 Å². The molecule has 3 rings (SSSR count). The maximum absolute atomic E-state index is 5.67. The van der Waals surface area contributed by atoms with Crippen molar-refractivity contribution in [3.05, 3.63) is 0 Å². The molecular formula is C15H28N2O. The molecule has 2 saturated heterocycles. The van der Waals surface area contributed by atoms with Gasteiger partial charge in [0.2, 0.25) is 0 Å². The van der Waals surface area contributed by atoms with Crippen molar-refractivity contribution in [2.75, 3.05) is 32.8 Å². The van der Waals surface area contributed by atoms with Gasteiger partial charge in [-0.05, 0) is 39.2 Å². The summed E-state index contributed by atoms with van der Waals surface area (Å²) in [5, 5.41) is 3.89. The highest BCUT2D eigenvalue weighted by molar-refractivity contribution is 5.00. The number of nitrogens with zero attached hydrogens (tertiary/aromatic N) is 1.